The van der Waals surface area contributed by atoms with Crippen molar-refractivity contribution in [2.24, 2.45) is 11.7 Å². The Morgan fingerprint density at radius 2 is 1.83 bits per heavy atom. The Morgan fingerprint density at radius 1 is 1.00 bits per heavy atom. The highest BCUT2D eigenvalue weighted by molar-refractivity contribution is 5.96. The van der Waals surface area contributed by atoms with Crippen molar-refractivity contribution in [3.63, 3.8) is 0 Å². The Balaban J connectivity index is 1.16. The van der Waals surface area contributed by atoms with Crippen molar-refractivity contribution >= 4 is 28.2 Å². The van der Waals surface area contributed by atoms with Gasteiger partial charge in [-0.1, -0.05) is 18.2 Å². The number of hydrogen-bond donors (Lipinski definition) is 1. The number of aryl methyl sites for hydroxylation is 1. The van der Waals surface area contributed by atoms with Crippen molar-refractivity contribution in [1.82, 2.24) is 24.0 Å². The van der Waals surface area contributed by atoms with Crippen LogP contribution in [0.4, 0.5) is 0 Å². The summed E-state index contributed by atoms with van der Waals surface area (Å²) in [5.41, 5.74) is 13.3. The summed E-state index contributed by atoms with van der Waals surface area (Å²) in [6, 6.07) is 10.8. The van der Waals surface area contributed by atoms with Crippen LogP contribution in [-0.2, 0) is 16.1 Å². The van der Waals surface area contributed by atoms with Gasteiger partial charge in [0.25, 0.3) is 11.8 Å². The minimum Gasteiger partial charge on any atom is -0.494 e. The molecule has 2 amide bonds. The van der Waals surface area contributed by atoms with Crippen LogP contribution < -0.4 is 10.5 Å². The first-order valence-corrected chi connectivity index (χ1v) is 17.5. The first-order chi connectivity index (χ1) is 22.9. The van der Waals surface area contributed by atoms with Crippen molar-refractivity contribution < 1.29 is 19.1 Å². The summed E-state index contributed by atoms with van der Waals surface area (Å²) in [5, 5.41) is 6.37. The number of rotatable bonds is 7. The maximum atomic E-state index is 13.6. The molecule has 3 aliphatic heterocycles. The fourth-order valence-electron chi connectivity index (χ4n) is 8.19. The van der Waals surface area contributed by atoms with Crippen LogP contribution in [-0.4, -0.2) is 87.8 Å². The molecule has 6 heterocycles. The van der Waals surface area contributed by atoms with E-state index in [0.717, 1.165) is 80.6 Å². The second-order valence-electron chi connectivity index (χ2n) is 14.2. The molecule has 2 atom stereocenters. The average Bonchev–Trinajstić information content (AvgIpc) is 3.45. The molecule has 3 aromatic heterocycles. The molecule has 1 saturated carbocycles. The number of benzene rings is 1. The maximum Gasteiger partial charge on any atom is 0.255 e. The Kier molecular flexibility index (Phi) is 7.96. The number of likely N-dealkylation sites (tertiary alicyclic amines) is 2. The van der Waals surface area contributed by atoms with E-state index in [1.54, 1.807) is 7.11 Å². The number of carbonyl (C=O) groups is 2. The average molecular weight is 639 g/mol. The summed E-state index contributed by atoms with van der Waals surface area (Å²) in [7, 11) is 1.66. The van der Waals surface area contributed by atoms with Crippen LogP contribution in [0.25, 0.3) is 27.8 Å². The van der Waals surface area contributed by atoms with Gasteiger partial charge in [0.15, 0.2) is 0 Å². The Bertz CT molecular complexity index is 1830. The van der Waals surface area contributed by atoms with E-state index in [-0.39, 0.29) is 24.0 Å². The zero-order valence-electron chi connectivity index (χ0n) is 27.6. The van der Waals surface area contributed by atoms with E-state index < -0.39 is 0 Å². The molecule has 2 unspecified atom stereocenters. The van der Waals surface area contributed by atoms with Gasteiger partial charge in [-0.15, -0.1) is 0 Å². The molecule has 4 aromatic rings. The van der Waals surface area contributed by atoms with Crippen molar-refractivity contribution in [2.75, 3.05) is 39.9 Å². The van der Waals surface area contributed by atoms with E-state index in [1.807, 2.05) is 26.6 Å². The van der Waals surface area contributed by atoms with Crippen molar-refractivity contribution in [1.29, 1.82) is 0 Å². The largest absolute Gasteiger partial charge is 0.494 e. The number of nitrogens with two attached hydrogens (primary N) is 1. The second kappa shape index (κ2) is 12.3. The van der Waals surface area contributed by atoms with Crippen LogP contribution in [0.3, 0.4) is 0 Å². The summed E-state index contributed by atoms with van der Waals surface area (Å²) in [6.07, 6.45) is 9.66. The zero-order chi connectivity index (χ0) is 32.2. The number of piperidine rings is 2. The third-order valence-electron chi connectivity index (χ3n) is 10.9. The summed E-state index contributed by atoms with van der Waals surface area (Å²) in [4.78, 5) is 30.5. The van der Waals surface area contributed by atoms with Crippen LogP contribution in [0, 0.1) is 12.8 Å². The van der Waals surface area contributed by atoms with E-state index in [1.165, 1.54) is 29.3 Å². The molecule has 2 N–H and O–H groups in total. The van der Waals surface area contributed by atoms with Gasteiger partial charge in [0.1, 0.15) is 23.1 Å². The Hall–Kier alpha value is -3.89. The molecule has 4 fully saturated rings. The molecular formula is C37H46N6O4. The van der Waals surface area contributed by atoms with Gasteiger partial charge in [0, 0.05) is 62.5 Å². The fourth-order valence-corrected chi connectivity index (χ4v) is 8.19. The van der Waals surface area contributed by atoms with Gasteiger partial charge in [-0.2, -0.15) is 5.10 Å². The third kappa shape index (κ3) is 5.59. The first-order valence-electron chi connectivity index (χ1n) is 17.5. The SMILES string of the molecule is COc1cc(C(=O)N2CCCC(N)C2)cn2nc(-c3cc4cccc(C5CCN(C(=O)C6CCCO6)CC5)c4n3CC3CC3)c(C)c12. The first kappa shape index (κ1) is 30.4. The number of para-hydroxylation sites is 1. The lowest BCUT2D eigenvalue weighted by atomic mass is 9.88. The molecular weight excluding hydrogens is 592 g/mol. The highest BCUT2D eigenvalue weighted by atomic mass is 16.5. The number of hydrogen-bond acceptors (Lipinski definition) is 6. The molecule has 1 aromatic carbocycles. The topological polar surface area (TPSA) is 107 Å². The smallest absolute Gasteiger partial charge is 0.255 e. The van der Waals surface area contributed by atoms with Gasteiger partial charge >= 0.3 is 0 Å². The molecule has 8 rings (SSSR count). The third-order valence-corrected chi connectivity index (χ3v) is 10.9. The minimum absolute atomic E-state index is 0.0108. The molecule has 0 bridgehead atoms. The number of pyridine rings is 1. The lowest BCUT2D eigenvalue weighted by molar-refractivity contribution is -0.142. The van der Waals surface area contributed by atoms with E-state index in [4.69, 9.17) is 20.3 Å². The van der Waals surface area contributed by atoms with Crippen molar-refractivity contribution in [2.45, 2.75) is 82.9 Å². The monoisotopic (exact) mass is 638 g/mol. The van der Waals surface area contributed by atoms with Crippen LogP contribution >= 0.6 is 0 Å². The number of nitrogens with zero attached hydrogens (tertiary/aromatic N) is 5. The Morgan fingerprint density at radius 3 is 2.55 bits per heavy atom. The molecule has 0 radical (unpaired) electrons. The number of fused-ring (bicyclic) bond motifs is 2. The molecule has 1 aliphatic carbocycles. The van der Waals surface area contributed by atoms with E-state index in [9.17, 15) is 9.59 Å². The summed E-state index contributed by atoms with van der Waals surface area (Å²) in [5.74, 6) is 1.82. The zero-order valence-corrected chi connectivity index (χ0v) is 27.6. The fraction of sp³-hybridized carbons (Fsp3) is 0.541. The highest BCUT2D eigenvalue weighted by Crippen LogP contribution is 2.42. The second-order valence-corrected chi connectivity index (χ2v) is 14.2. The van der Waals surface area contributed by atoms with Gasteiger partial charge in [-0.25, -0.2) is 4.52 Å². The molecule has 0 spiro atoms. The van der Waals surface area contributed by atoms with Gasteiger partial charge in [-0.05, 0) is 87.8 Å². The Labute approximate surface area is 275 Å². The predicted molar refractivity (Wildman–Crippen MR) is 181 cm³/mol. The quantitative estimate of drug-likeness (QED) is 0.301. The van der Waals surface area contributed by atoms with Crippen molar-refractivity contribution in [3.05, 3.63) is 53.2 Å². The molecule has 10 heteroatoms. The lowest BCUT2D eigenvalue weighted by Crippen LogP contribution is -2.45. The predicted octanol–water partition coefficient (Wildman–Crippen LogP) is 5.13. The normalized spacial score (nSPS) is 22.4. The molecule has 47 heavy (non-hydrogen) atoms. The van der Waals surface area contributed by atoms with Crippen LogP contribution in [0.2, 0.25) is 0 Å². The van der Waals surface area contributed by atoms with Gasteiger partial charge < -0.3 is 29.6 Å². The van der Waals surface area contributed by atoms with Crippen LogP contribution in [0.1, 0.15) is 78.8 Å². The van der Waals surface area contributed by atoms with Gasteiger partial charge in [-0.3, -0.25) is 9.59 Å². The van der Waals surface area contributed by atoms with Gasteiger partial charge in [0.2, 0.25) is 0 Å². The number of carbonyl (C=O) groups excluding carboxylic acids is 2. The molecule has 4 aliphatic rings. The summed E-state index contributed by atoms with van der Waals surface area (Å²) >= 11 is 0. The van der Waals surface area contributed by atoms with E-state index in [2.05, 4.69) is 35.8 Å². The summed E-state index contributed by atoms with van der Waals surface area (Å²) in [6.45, 7) is 6.57. The van der Waals surface area contributed by atoms with Crippen LogP contribution in [0.15, 0.2) is 36.5 Å². The van der Waals surface area contributed by atoms with E-state index >= 15 is 0 Å². The van der Waals surface area contributed by atoms with Gasteiger partial charge in [0.05, 0.1) is 23.9 Å². The molecule has 3 saturated heterocycles. The number of ether oxygens (including phenoxy) is 2. The minimum atomic E-state index is -0.252. The molecule has 248 valence electrons. The van der Waals surface area contributed by atoms with E-state index in [0.29, 0.717) is 42.8 Å². The highest BCUT2D eigenvalue weighted by Gasteiger charge is 2.33. The molecule has 10 nitrogen and oxygen atoms in total. The standard InChI is InChI=1S/C37H46N6O4/c1-23-33(39-43-21-27(19-32(46-2)34(23)43)36(44)41-14-4-7-28(38)22-41)30-18-26-6-3-8-29(35(26)42(30)20-24-10-11-24)25-12-15-40(16-13-25)37(45)31-9-5-17-47-31/h3,6,8,18-19,21,24-25,28,31H,4-5,7,9-17,20,22,38H2,1-2H3. The summed E-state index contributed by atoms with van der Waals surface area (Å²) < 4.78 is 15.9. The number of amides is 2. The van der Waals surface area contributed by atoms with Crippen LogP contribution in [0.5, 0.6) is 5.75 Å². The number of aromatic nitrogens is 3. The lowest BCUT2D eigenvalue weighted by Gasteiger charge is -2.34. The van der Waals surface area contributed by atoms with Crippen molar-refractivity contribution in [3.8, 4) is 17.1 Å². The maximum absolute atomic E-state index is 13.6. The number of methoxy groups -OCH3 is 1.